The van der Waals surface area contributed by atoms with E-state index in [1.807, 2.05) is 31.6 Å². The maximum atomic E-state index is 12.0. The number of phenols is 1. The number of nitrogens with one attached hydrogen (secondary N) is 1. The van der Waals surface area contributed by atoms with Gasteiger partial charge in [-0.05, 0) is 34.7 Å². The molecule has 1 aliphatic rings. The minimum Gasteiger partial charge on any atom is -0.506 e. The Morgan fingerprint density at radius 3 is 2.35 bits per heavy atom. The first-order valence-electron chi connectivity index (χ1n) is 9.34. The van der Waals surface area contributed by atoms with Crippen LogP contribution < -0.4 is 13.2 Å². The van der Waals surface area contributed by atoms with E-state index in [2.05, 4.69) is 0 Å². The number of hydrogen-bond donors (Lipinski definition) is 2. The molecule has 0 aromatic heterocycles. The van der Waals surface area contributed by atoms with E-state index in [1.165, 1.54) is 12.1 Å². The van der Waals surface area contributed by atoms with E-state index < -0.39 is 32.8 Å². The fraction of sp³-hybridized carbons (Fsp3) is 0.350. The average molecular weight is 469 g/mol. The lowest BCUT2D eigenvalue weighted by Gasteiger charge is -2.21. The van der Waals surface area contributed by atoms with E-state index in [0.29, 0.717) is 11.1 Å². The summed E-state index contributed by atoms with van der Waals surface area (Å²) in [7, 11) is -7.79. The Bertz CT molecular complexity index is 1250. The monoisotopic (exact) mass is 468 g/mol. The van der Waals surface area contributed by atoms with Crippen LogP contribution in [0.25, 0.3) is 0 Å². The van der Waals surface area contributed by atoms with Gasteiger partial charge in [-0.1, -0.05) is 39.0 Å². The van der Waals surface area contributed by atoms with Gasteiger partial charge in [0.1, 0.15) is 18.0 Å². The van der Waals surface area contributed by atoms with Crippen LogP contribution in [0.5, 0.6) is 11.5 Å². The second kappa shape index (κ2) is 7.72. The van der Waals surface area contributed by atoms with Crippen molar-refractivity contribution in [3.63, 3.8) is 0 Å². The van der Waals surface area contributed by atoms with Crippen molar-refractivity contribution >= 4 is 31.9 Å². The van der Waals surface area contributed by atoms with Crippen LogP contribution in [0.15, 0.2) is 36.4 Å². The van der Waals surface area contributed by atoms with Gasteiger partial charge in [0.05, 0.1) is 11.9 Å². The Morgan fingerprint density at radius 2 is 1.84 bits per heavy atom. The molecule has 1 heterocycles. The first kappa shape index (κ1) is 22.9. The second-order valence-corrected chi connectivity index (χ2v) is 11.6. The summed E-state index contributed by atoms with van der Waals surface area (Å²) in [5.74, 6) is -0.837. The van der Waals surface area contributed by atoms with Gasteiger partial charge >= 0.3 is 20.3 Å². The van der Waals surface area contributed by atoms with E-state index in [4.69, 9.17) is 4.18 Å². The highest BCUT2D eigenvalue weighted by molar-refractivity contribution is 7.92. The van der Waals surface area contributed by atoms with Crippen LogP contribution in [0.1, 0.15) is 37.5 Å². The van der Waals surface area contributed by atoms with Crippen molar-refractivity contribution in [1.29, 1.82) is 0 Å². The third-order valence-corrected chi connectivity index (χ3v) is 6.56. The zero-order chi connectivity index (χ0) is 23.2. The fourth-order valence-electron chi connectivity index (χ4n) is 3.20. The van der Waals surface area contributed by atoms with Crippen molar-refractivity contribution in [3.05, 3.63) is 53.1 Å². The van der Waals surface area contributed by atoms with Crippen LogP contribution in [-0.4, -0.2) is 40.6 Å². The number of aromatic hydroxyl groups is 1. The van der Waals surface area contributed by atoms with E-state index in [0.717, 1.165) is 16.1 Å². The predicted molar refractivity (Wildman–Crippen MR) is 116 cm³/mol. The van der Waals surface area contributed by atoms with Crippen molar-refractivity contribution < 1.29 is 30.9 Å². The summed E-state index contributed by atoms with van der Waals surface area (Å²) >= 11 is 0. The number of carbonyl (C=O) groups is 1. The van der Waals surface area contributed by atoms with E-state index in [-0.39, 0.29) is 29.0 Å². The van der Waals surface area contributed by atoms with Gasteiger partial charge in [0.2, 0.25) is 0 Å². The van der Waals surface area contributed by atoms with Crippen LogP contribution in [-0.2, 0) is 37.0 Å². The van der Waals surface area contributed by atoms with Crippen LogP contribution in [0.3, 0.4) is 0 Å². The summed E-state index contributed by atoms with van der Waals surface area (Å²) in [6, 6.07) is 9.61. The summed E-state index contributed by atoms with van der Waals surface area (Å²) in [6.07, 6.45) is 1.19. The lowest BCUT2D eigenvalue weighted by molar-refractivity contribution is -0.117. The molecule has 0 aliphatic carbocycles. The summed E-state index contributed by atoms with van der Waals surface area (Å²) in [5, 5.41) is 10.4. The summed E-state index contributed by atoms with van der Waals surface area (Å²) < 4.78 is 55.1. The average Bonchev–Trinajstić information content (AvgIpc) is 2.86. The number of carbonyl (C=O) groups excluding carboxylic acids is 1. The largest absolute Gasteiger partial charge is 0.506 e. The Morgan fingerprint density at radius 1 is 1.16 bits per heavy atom. The molecule has 1 aliphatic heterocycles. The highest BCUT2D eigenvalue weighted by atomic mass is 32.2. The summed E-state index contributed by atoms with van der Waals surface area (Å²) in [4.78, 5) is 11.4. The molecule has 11 heteroatoms. The molecule has 0 atom stereocenters. The van der Waals surface area contributed by atoms with Gasteiger partial charge in [0.15, 0.2) is 0 Å². The quantitative estimate of drug-likeness (QED) is 0.640. The van der Waals surface area contributed by atoms with E-state index in [9.17, 15) is 26.7 Å². The Hall–Kier alpha value is -2.79. The molecule has 2 aromatic carbocycles. The molecular formula is C20H24N2O7S2. The zero-order valence-corrected chi connectivity index (χ0v) is 19.2. The maximum Gasteiger partial charge on any atom is 0.326 e. The van der Waals surface area contributed by atoms with Crippen LogP contribution in [0.4, 0.5) is 5.69 Å². The Labute approximate surface area is 182 Å². The molecule has 168 valence electrons. The molecule has 9 nitrogen and oxygen atoms in total. The van der Waals surface area contributed by atoms with Crippen LogP contribution in [0, 0.1) is 0 Å². The van der Waals surface area contributed by atoms with Crippen molar-refractivity contribution in [2.45, 2.75) is 32.6 Å². The molecule has 1 fully saturated rings. The predicted octanol–water partition coefficient (Wildman–Crippen LogP) is 1.80. The number of nitrogens with zero attached hydrogens (tertiary/aromatic N) is 1. The molecule has 1 amide bonds. The van der Waals surface area contributed by atoms with Gasteiger partial charge in [0.25, 0.3) is 5.91 Å². The fourth-order valence-corrected chi connectivity index (χ4v) is 4.85. The van der Waals surface area contributed by atoms with E-state index in [1.54, 1.807) is 18.2 Å². The first-order chi connectivity index (χ1) is 14.2. The van der Waals surface area contributed by atoms with Crippen molar-refractivity contribution in [3.8, 4) is 11.5 Å². The topological polar surface area (TPSA) is 130 Å². The SMILES string of the molecule is CC(C)(C)c1ccc(OS(C)(=O)=O)c(Cc2ccc(N3CC(=O)NS3(=O)=O)c(O)c2)c1. The third kappa shape index (κ3) is 5.28. The molecule has 0 bridgehead atoms. The van der Waals surface area contributed by atoms with Gasteiger partial charge in [-0.2, -0.15) is 16.8 Å². The Balaban J connectivity index is 1.98. The lowest BCUT2D eigenvalue weighted by atomic mass is 9.85. The minimum absolute atomic E-state index is 0.0295. The van der Waals surface area contributed by atoms with Crippen molar-refractivity contribution in [1.82, 2.24) is 4.72 Å². The molecule has 2 aromatic rings. The van der Waals surface area contributed by atoms with Gasteiger partial charge in [-0.3, -0.25) is 4.79 Å². The molecule has 0 unspecified atom stereocenters. The molecule has 0 saturated carbocycles. The number of phenolic OH excluding ortho intramolecular Hbond substituents is 1. The highest BCUT2D eigenvalue weighted by Crippen LogP contribution is 2.34. The molecule has 2 N–H and O–H groups in total. The standard InChI is InChI=1S/C20H24N2O7S2/c1-20(2,3)15-6-8-18(29-30(4,25)26)14(11-15)9-13-5-7-16(17(23)10-13)22-12-19(24)21-31(22,27)28/h5-8,10-11,23H,9,12H2,1-4H3,(H,21,24). The highest BCUT2D eigenvalue weighted by Gasteiger charge is 2.35. The number of hydrogen-bond acceptors (Lipinski definition) is 7. The molecule has 3 rings (SSSR count). The molecule has 31 heavy (non-hydrogen) atoms. The van der Waals surface area contributed by atoms with Gasteiger partial charge < -0.3 is 9.29 Å². The zero-order valence-electron chi connectivity index (χ0n) is 17.5. The first-order valence-corrected chi connectivity index (χ1v) is 12.6. The summed E-state index contributed by atoms with van der Waals surface area (Å²) in [6.45, 7) is 5.65. The van der Waals surface area contributed by atoms with Crippen LogP contribution >= 0.6 is 0 Å². The minimum atomic E-state index is -4.05. The maximum absolute atomic E-state index is 12.0. The van der Waals surface area contributed by atoms with Gasteiger partial charge in [-0.15, -0.1) is 0 Å². The number of rotatable bonds is 5. The van der Waals surface area contributed by atoms with Gasteiger partial charge in [-0.25, -0.2) is 9.03 Å². The third-order valence-electron chi connectivity index (χ3n) is 4.69. The number of anilines is 1. The van der Waals surface area contributed by atoms with Gasteiger partial charge in [0, 0.05) is 12.0 Å². The normalized spacial score (nSPS) is 16.3. The lowest BCUT2D eigenvalue weighted by Crippen LogP contribution is -2.29. The van der Waals surface area contributed by atoms with E-state index >= 15 is 0 Å². The number of amides is 1. The molecule has 0 radical (unpaired) electrons. The molecule has 1 saturated heterocycles. The van der Waals surface area contributed by atoms with Crippen molar-refractivity contribution in [2.75, 3.05) is 17.1 Å². The Kier molecular flexibility index (Phi) is 5.70. The van der Waals surface area contributed by atoms with Crippen molar-refractivity contribution in [2.24, 2.45) is 0 Å². The summed E-state index contributed by atoms with van der Waals surface area (Å²) in [5.41, 5.74) is 1.95. The second-order valence-electron chi connectivity index (χ2n) is 8.40. The molecule has 0 spiro atoms. The molecular weight excluding hydrogens is 444 g/mol. The smallest absolute Gasteiger partial charge is 0.326 e. The number of benzene rings is 2. The van der Waals surface area contributed by atoms with Crippen LogP contribution in [0.2, 0.25) is 0 Å².